The van der Waals surface area contributed by atoms with Crippen molar-refractivity contribution >= 4 is 51.8 Å². The zero-order chi connectivity index (χ0) is 15.6. The maximum absolute atomic E-state index is 12.2. The van der Waals surface area contributed by atoms with Gasteiger partial charge in [0, 0.05) is 5.02 Å². The summed E-state index contributed by atoms with van der Waals surface area (Å²) in [6, 6.07) is 9.93. The van der Waals surface area contributed by atoms with Gasteiger partial charge in [0.15, 0.2) is 0 Å². The molecule has 0 saturated carbocycles. The van der Waals surface area contributed by atoms with Crippen molar-refractivity contribution in [3.05, 3.63) is 60.6 Å². The van der Waals surface area contributed by atoms with Crippen molar-refractivity contribution in [2.45, 2.75) is 6.92 Å². The van der Waals surface area contributed by atoms with Crippen molar-refractivity contribution in [1.29, 1.82) is 5.26 Å². The summed E-state index contributed by atoms with van der Waals surface area (Å²) in [6.45, 7) is 1.77. The largest absolute Gasteiger partial charge is 0.421 e. The van der Waals surface area contributed by atoms with E-state index in [4.69, 9.17) is 33.2 Å². The Morgan fingerprint density at radius 3 is 2.57 bits per heavy atom. The second kappa shape index (κ2) is 6.65. The van der Waals surface area contributed by atoms with E-state index in [9.17, 15) is 4.79 Å². The number of carbonyl (C=O) groups excluding carboxylic acids is 1. The molecule has 0 saturated heterocycles. The molecule has 0 radical (unpaired) electrons. The molecule has 2 rings (SSSR count). The number of hydrogen-bond donors (Lipinski definition) is 0. The van der Waals surface area contributed by atoms with Crippen LogP contribution in [0.3, 0.4) is 0 Å². The van der Waals surface area contributed by atoms with Gasteiger partial charge in [0.05, 0.1) is 25.8 Å². The standard InChI is InChI=1S/C15H8Cl2INO2/c1-8-4-9(7-19)5-13(18)14(8)21-15(20)11-3-2-10(16)6-12(11)17/h2-6H,1H3. The first-order valence-corrected chi connectivity index (χ1v) is 7.63. The van der Waals surface area contributed by atoms with Crippen LogP contribution < -0.4 is 4.74 Å². The van der Waals surface area contributed by atoms with Gasteiger partial charge in [0.25, 0.3) is 0 Å². The first-order valence-electron chi connectivity index (χ1n) is 5.80. The van der Waals surface area contributed by atoms with Gasteiger partial charge >= 0.3 is 5.97 Å². The molecule has 0 N–H and O–H groups in total. The molecule has 3 nitrogen and oxygen atoms in total. The summed E-state index contributed by atoms with van der Waals surface area (Å²) in [7, 11) is 0. The summed E-state index contributed by atoms with van der Waals surface area (Å²) < 4.78 is 6.08. The molecule has 106 valence electrons. The first-order chi connectivity index (χ1) is 9.92. The van der Waals surface area contributed by atoms with Gasteiger partial charge in [-0.2, -0.15) is 5.26 Å². The van der Waals surface area contributed by atoms with Crippen molar-refractivity contribution in [3.63, 3.8) is 0 Å². The molecule has 2 aromatic carbocycles. The third-order valence-electron chi connectivity index (χ3n) is 2.70. The van der Waals surface area contributed by atoms with Crippen LogP contribution in [0, 0.1) is 21.8 Å². The highest BCUT2D eigenvalue weighted by Crippen LogP contribution is 2.29. The average molecular weight is 432 g/mol. The minimum absolute atomic E-state index is 0.230. The van der Waals surface area contributed by atoms with E-state index in [2.05, 4.69) is 6.07 Å². The molecule has 0 spiro atoms. The molecule has 0 fully saturated rings. The zero-order valence-corrected chi connectivity index (χ0v) is 14.5. The Hall–Kier alpha value is -1.29. The van der Waals surface area contributed by atoms with E-state index in [1.807, 2.05) is 22.6 Å². The Balaban J connectivity index is 2.34. The Morgan fingerprint density at radius 2 is 2.00 bits per heavy atom. The van der Waals surface area contributed by atoms with E-state index >= 15 is 0 Å². The molecule has 0 aliphatic rings. The summed E-state index contributed by atoms with van der Waals surface area (Å²) in [5.74, 6) is -0.145. The second-order valence-electron chi connectivity index (χ2n) is 4.23. The van der Waals surface area contributed by atoms with Gasteiger partial charge in [-0.3, -0.25) is 0 Å². The number of carbonyl (C=O) groups is 1. The molecule has 0 amide bonds. The molecule has 0 aromatic heterocycles. The maximum atomic E-state index is 12.2. The number of hydrogen-bond acceptors (Lipinski definition) is 3. The fourth-order valence-electron chi connectivity index (χ4n) is 1.73. The number of benzene rings is 2. The van der Waals surface area contributed by atoms with Gasteiger partial charge in [0.2, 0.25) is 0 Å². The van der Waals surface area contributed by atoms with Gasteiger partial charge in [-0.1, -0.05) is 23.2 Å². The summed E-state index contributed by atoms with van der Waals surface area (Å²) in [6.07, 6.45) is 0. The fourth-order valence-corrected chi connectivity index (χ4v) is 3.08. The lowest BCUT2D eigenvalue weighted by Gasteiger charge is -2.11. The van der Waals surface area contributed by atoms with Gasteiger partial charge in [0.1, 0.15) is 5.75 Å². The topological polar surface area (TPSA) is 50.1 Å². The maximum Gasteiger partial charge on any atom is 0.345 e. The molecule has 21 heavy (non-hydrogen) atoms. The van der Waals surface area contributed by atoms with Gasteiger partial charge in [-0.15, -0.1) is 0 Å². The normalized spacial score (nSPS) is 10.0. The molecule has 6 heteroatoms. The van der Waals surface area contributed by atoms with Crippen molar-refractivity contribution in [3.8, 4) is 11.8 Å². The van der Waals surface area contributed by atoms with Crippen LogP contribution in [-0.2, 0) is 0 Å². The van der Waals surface area contributed by atoms with Crippen LogP contribution in [0.2, 0.25) is 10.0 Å². The van der Waals surface area contributed by atoms with Crippen LogP contribution in [0.15, 0.2) is 30.3 Å². The molecule has 0 aliphatic carbocycles. The lowest BCUT2D eigenvalue weighted by atomic mass is 10.1. The van der Waals surface area contributed by atoms with Crippen LogP contribution in [0.25, 0.3) is 0 Å². The zero-order valence-electron chi connectivity index (χ0n) is 10.8. The lowest BCUT2D eigenvalue weighted by molar-refractivity contribution is 0.0732. The highest BCUT2D eigenvalue weighted by atomic mass is 127. The predicted octanol–water partition coefficient (Wildman–Crippen LogP) is 5.00. The average Bonchev–Trinajstić information content (AvgIpc) is 2.42. The summed E-state index contributed by atoms with van der Waals surface area (Å²) in [5, 5.41) is 9.58. The van der Waals surface area contributed by atoms with E-state index in [0.29, 0.717) is 25.5 Å². The second-order valence-corrected chi connectivity index (χ2v) is 6.24. The number of nitriles is 1. The van der Waals surface area contributed by atoms with Crippen LogP contribution in [0.5, 0.6) is 5.75 Å². The third-order valence-corrected chi connectivity index (χ3v) is 4.05. The molecular weight excluding hydrogens is 424 g/mol. The van der Waals surface area contributed by atoms with E-state index in [1.165, 1.54) is 12.1 Å². The smallest absolute Gasteiger partial charge is 0.345 e. The number of rotatable bonds is 2. The lowest BCUT2D eigenvalue weighted by Crippen LogP contribution is -2.11. The highest BCUT2D eigenvalue weighted by Gasteiger charge is 2.16. The quantitative estimate of drug-likeness (QED) is 0.382. The van der Waals surface area contributed by atoms with E-state index in [1.54, 1.807) is 25.1 Å². The molecule has 2 aromatic rings. The first kappa shape index (κ1) is 16.1. The van der Waals surface area contributed by atoms with Crippen molar-refractivity contribution in [2.75, 3.05) is 0 Å². The van der Waals surface area contributed by atoms with Crippen molar-refractivity contribution < 1.29 is 9.53 Å². The molecule has 0 atom stereocenters. The van der Waals surface area contributed by atoms with Gasteiger partial charge < -0.3 is 4.74 Å². The monoisotopic (exact) mass is 431 g/mol. The number of esters is 1. The van der Waals surface area contributed by atoms with Crippen molar-refractivity contribution in [2.24, 2.45) is 0 Å². The molecule has 0 bridgehead atoms. The van der Waals surface area contributed by atoms with Gasteiger partial charge in [-0.25, -0.2) is 4.79 Å². The Kier molecular flexibility index (Phi) is 5.09. The molecule has 0 aliphatic heterocycles. The summed E-state index contributed by atoms with van der Waals surface area (Å²) in [4.78, 5) is 12.2. The number of aryl methyl sites for hydroxylation is 1. The van der Waals surface area contributed by atoms with Crippen LogP contribution >= 0.6 is 45.8 Å². The minimum atomic E-state index is -0.567. The van der Waals surface area contributed by atoms with Crippen LogP contribution in [-0.4, -0.2) is 5.97 Å². The minimum Gasteiger partial charge on any atom is -0.421 e. The van der Waals surface area contributed by atoms with Crippen LogP contribution in [0.1, 0.15) is 21.5 Å². The number of ether oxygens (including phenoxy) is 1. The van der Waals surface area contributed by atoms with E-state index in [0.717, 1.165) is 0 Å². The number of nitrogens with zero attached hydrogens (tertiary/aromatic N) is 1. The summed E-state index contributed by atoms with van der Waals surface area (Å²) >= 11 is 13.8. The molecular formula is C15H8Cl2INO2. The Morgan fingerprint density at radius 1 is 1.29 bits per heavy atom. The van der Waals surface area contributed by atoms with Crippen LogP contribution in [0.4, 0.5) is 0 Å². The Labute approximate surface area is 145 Å². The fraction of sp³-hybridized carbons (Fsp3) is 0.0667. The van der Waals surface area contributed by atoms with E-state index in [-0.39, 0.29) is 10.6 Å². The molecule has 0 heterocycles. The SMILES string of the molecule is Cc1cc(C#N)cc(I)c1OC(=O)c1ccc(Cl)cc1Cl. The predicted molar refractivity (Wildman–Crippen MR) is 90.0 cm³/mol. The molecule has 0 unspecified atom stereocenters. The number of halogens is 3. The van der Waals surface area contributed by atoms with E-state index < -0.39 is 5.97 Å². The highest BCUT2D eigenvalue weighted by molar-refractivity contribution is 14.1. The van der Waals surface area contributed by atoms with Crippen molar-refractivity contribution in [1.82, 2.24) is 0 Å². The van der Waals surface area contributed by atoms with Gasteiger partial charge in [-0.05, 0) is 65.4 Å². The summed E-state index contributed by atoms with van der Waals surface area (Å²) in [5.41, 5.74) is 1.46. The Bertz CT molecular complexity index is 746. The third kappa shape index (κ3) is 3.67.